The van der Waals surface area contributed by atoms with E-state index >= 15 is 0 Å². The number of hydrogen-bond acceptors (Lipinski definition) is 5. The van der Waals surface area contributed by atoms with Crippen LogP contribution in [0.25, 0.3) is 0 Å². The zero-order valence-electron chi connectivity index (χ0n) is 7.81. The van der Waals surface area contributed by atoms with Crippen molar-refractivity contribution in [1.29, 1.82) is 0 Å². The second kappa shape index (κ2) is 6.70. The molecule has 0 aromatic carbocycles. The van der Waals surface area contributed by atoms with E-state index in [0.29, 0.717) is 0 Å². The molecule has 5 nitrogen and oxygen atoms in total. The fraction of sp³-hybridized carbons (Fsp3) is 0. The monoisotopic (exact) mass is 179 g/mol. The molecule has 62 valence electrons. The third-order valence-electron chi connectivity index (χ3n) is 1.21. The summed E-state index contributed by atoms with van der Waals surface area (Å²) < 4.78 is 0. The minimum absolute atomic E-state index is 0. The minimum Gasteiger partial charge on any atom is -0.545 e. The van der Waals surface area contributed by atoms with Gasteiger partial charge in [0.15, 0.2) is 0 Å². The van der Waals surface area contributed by atoms with Crippen LogP contribution < -0.4 is 47.9 Å². The Hall–Kier alpha value is -0.715. The molecule has 14 heavy (non-hydrogen) atoms. The number of aromatic nitrogens is 1. The maximum absolute atomic E-state index is 10.2. The van der Waals surface area contributed by atoms with Crippen molar-refractivity contribution in [2.75, 3.05) is 0 Å². The van der Waals surface area contributed by atoms with Crippen LogP contribution in [0.3, 0.4) is 0 Å². The minimum atomic E-state index is -1.44. The quantitative estimate of drug-likeness (QED) is 0.420. The molecule has 7 heteroatoms. The number of carboxylic acids is 2. The van der Waals surface area contributed by atoms with Crippen molar-refractivity contribution in [1.82, 2.24) is 4.98 Å². The van der Waals surface area contributed by atoms with Crippen LogP contribution in [0, 0.1) is 0 Å². The first-order valence-corrected chi connectivity index (χ1v) is 3.00. The van der Waals surface area contributed by atoms with Gasteiger partial charge in [0, 0.05) is 11.8 Å². The molecule has 0 unspecified atom stereocenters. The largest absolute Gasteiger partial charge is 1.00 e. The predicted molar refractivity (Wildman–Crippen MR) is 32.9 cm³/mol. The zero-order chi connectivity index (χ0) is 9.14. The Bertz CT molecular complexity index is 292. The van der Waals surface area contributed by atoms with Gasteiger partial charge in [-0.05, 0) is 12.1 Å². The molecule has 0 aliphatic heterocycles. The standard InChI is InChI=1S/C7H5NO4.2Li/c9-6(10)4-1-2-5(7(11)12)8-3-4;;/h1-3H,(H,9,10)(H,11,12);;/q;2*+1/p-2. The van der Waals surface area contributed by atoms with Crippen LogP contribution in [0.4, 0.5) is 0 Å². The van der Waals surface area contributed by atoms with Crippen LogP contribution in [0.2, 0.25) is 0 Å². The van der Waals surface area contributed by atoms with E-state index in [9.17, 15) is 19.8 Å². The number of pyridine rings is 1. The van der Waals surface area contributed by atoms with Crippen LogP contribution in [0.5, 0.6) is 0 Å². The third-order valence-corrected chi connectivity index (χ3v) is 1.21. The van der Waals surface area contributed by atoms with Gasteiger partial charge in [-0.1, -0.05) is 0 Å². The van der Waals surface area contributed by atoms with E-state index in [2.05, 4.69) is 4.98 Å². The molecule has 0 atom stereocenters. The van der Waals surface area contributed by atoms with Gasteiger partial charge in [0.2, 0.25) is 0 Å². The molecule has 1 aromatic heterocycles. The number of carbonyl (C=O) groups excluding carboxylic acids is 2. The average Bonchev–Trinajstić information content (AvgIpc) is 2.04. The summed E-state index contributed by atoms with van der Waals surface area (Å²) in [5.41, 5.74) is -0.472. The van der Waals surface area contributed by atoms with Gasteiger partial charge in [0.1, 0.15) is 0 Å². The summed E-state index contributed by atoms with van der Waals surface area (Å²) in [4.78, 5) is 23.6. The van der Waals surface area contributed by atoms with E-state index in [0.717, 1.165) is 18.3 Å². The number of rotatable bonds is 2. The molecule has 0 fully saturated rings. The molecule has 0 aliphatic rings. The number of carbonyl (C=O) groups is 2. The van der Waals surface area contributed by atoms with Gasteiger partial charge < -0.3 is 19.8 Å². The van der Waals surface area contributed by atoms with Crippen molar-refractivity contribution in [2.24, 2.45) is 0 Å². The smallest absolute Gasteiger partial charge is 0.545 e. The summed E-state index contributed by atoms with van der Waals surface area (Å²) >= 11 is 0. The number of nitrogens with zero attached hydrogens (tertiary/aromatic N) is 1. The van der Waals surface area contributed by atoms with Gasteiger partial charge in [-0.2, -0.15) is 0 Å². The van der Waals surface area contributed by atoms with E-state index in [1.165, 1.54) is 0 Å². The van der Waals surface area contributed by atoms with E-state index < -0.39 is 11.9 Å². The molecule has 0 amide bonds. The maximum Gasteiger partial charge on any atom is 1.00 e. The number of carboxylic acid groups (broad SMARTS) is 2. The van der Waals surface area contributed by atoms with Gasteiger partial charge >= 0.3 is 37.7 Å². The molecule has 0 bridgehead atoms. The van der Waals surface area contributed by atoms with Crippen LogP contribution in [0.15, 0.2) is 18.3 Å². The summed E-state index contributed by atoms with van der Waals surface area (Å²) in [7, 11) is 0. The first-order chi connectivity index (χ1) is 5.61. The molecular formula is C7H3Li2NO4. The van der Waals surface area contributed by atoms with Crippen molar-refractivity contribution in [2.45, 2.75) is 0 Å². The predicted octanol–water partition coefficient (Wildman–Crippen LogP) is -8.18. The SMILES string of the molecule is O=C([O-])c1ccc(C(=O)[O-])nc1.[Li+].[Li+]. The first-order valence-electron chi connectivity index (χ1n) is 3.00. The van der Waals surface area contributed by atoms with Crippen molar-refractivity contribution < 1.29 is 57.5 Å². The van der Waals surface area contributed by atoms with Crippen LogP contribution in [-0.4, -0.2) is 16.9 Å². The van der Waals surface area contributed by atoms with Crippen molar-refractivity contribution in [3.63, 3.8) is 0 Å². The van der Waals surface area contributed by atoms with Gasteiger partial charge in [-0.25, -0.2) is 0 Å². The van der Waals surface area contributed by atoms with Gasteiger partial charge in [0.25, 0.3) is 0 Å². The Labute approximate surface area is 104 Å². The van der Waals surface area contributed by atoms with Gasteiger partial charge in [0.05, 0.1) is 17.6 Å². The molecule has 0 radical (unpaired) electrons. The maximum atomic E-state index is 10.2. The first kappa shape index (κ1) is 15.7. The topological polar surface area (TPSA) is 93.1 Å². The Balaban J connectivity index is 0. The van der Waals surface area contributed by atoms with Gasteiger partial charge in [-0.3, -0.25) is 4.98 Å². The average molecular weight is 179 g/mol. The fourth-order valence-electron chi connectivity index (χ4n) is 0.635. The van der Waals surface area contributed by atoms with E-state index in [1.807, 2.05) is 0 Å². The Morgan fingerprint density at radius 1 is 1.07 bits per heavy atom. The zero-order valence-corrected chi connectivity index (χ0v) is 7.81. The van der Waals surface area contributed by atoms with Crippen LogP contribution in [-0.2, 0) is 0 Å². The van der Waals surface area contributed by atoms with E-state index in [4.69, 9.17) is 0 Å². The molecule has 1 heterocycles. The third kappa shape index (κ3) is 4.00. The summed E-state index contributed by atoms with van der Waals surface area (Å²) in [5, 5.41) is 20.3. The summed E-state index contributed by atoms with van der Waals surface area (Å²) in [6, 6.07) is 2.13. The Morgan fingerprint density at radius 2 is 1.64 bits per heavy atom. The normalized spacial score (nSPS) is 8.00. The Morgan fingerprint density at radius 3 is 1.93 bits per heavy atom. The number of aromatic carboxylic acids is 2. The van der Waals surface area contributed by atoms with Gasteiger partial charge in [-0.15, -0.1) is 0 Å². The second-order valence-electron chi connectivity index (χ2n) is 2.01. The molecule has 0 saturated heterocycles. The molecule has 0 spiro atoms. The number of hydrogen-bond donors (Lipinski definition) is 0. The molecule has 1 rings (SSSR count). The summed E-state index contributed by atoms with van der Waals surface area (Å²) in [5.74, 6) is -2.84. The molecular weight excluding hydrogens is 176 g/mol. The van der Waals surface area contributed by atoms with Crippen molar-refractivity contribution >= 4 is 11.9 Å². The van der Waals surface area contributed by atoms with Crippen LogP contribution in [0.1, 0.15) is 20.8 Å². The Kier molecular flexibility index (Phi) is 7.53. The summed E-state index contributed by atoms with van der Waals surface area (Å²) in [6.07, 6.45) is 0.903. The van der Waals surface area contributed by atoms with E-state index in [1.54, 1.807) is 0 Å². The van der Waals surface area contributed by atoms with Crippen molar-refractivity contribution in [3.8, 4) is 0 Å². The summed E-state index contributed by atoms with van der Waals surface area (Å²) in [6.45, 7) is 0. The molecule has 0 saturated carbocycles. The molecule has 0 N–H and O–H groups in total. The van der Waals surface area contributed by atoms with Crippen molar-refractivity contribution in [3.05, 3.63) is 29.6 Å². The molecule has 0 aliphatic carbocycles. The second-order valence-corrected chi connectivity index (χ2v) is 2.01. The molecule has 1 aromatic rings. The van der Waals surface area contributed by atoms with Crippen LogP contribution >= 0.6 is 0 Å². The van der Waals surface area contributed by atoms with E-state index in [-0.39, 0.29) is 49.0 Å². The fourth-order valence-corrected chi connectivity index (χ4v) is 0.635.